The second-order valence-corrected chi connectivity index (χ2v) is 5.45. The van der Waals surface area contributed by atoms with Crippen LogP contribution in [0.25, 0.3) is 0 Å². The lowest BCUT2D eigenvalue weighted by atomic mass is 10.2. The maximum Gasteiger partial charge on any atom is 0.255 e. The van der Waals surface area contributed by atoms with E-state index >= 15 is 0 Å². The van der Waals surface area contributed by atoms with Crippen molar-refractivity contribution in [2.24, 2.45) is 0 Å². The molecule has 0 aliphatic heterocycles. The summed E-state index contributed by atoms with van der Waals surface area (Å²) in [4.78, 5) is 23.9. The van der Waals surface area contributed by atoms with Crippen molar-refractivity contribution in [3.63, 3.8) is 0 Å². The van der Waals surface area contributed by atoms with E-state index in [2.05, 4.69) is 10.6 Å². The molecule has 0 aliphatic rings. The molecule has 1 aromatic carbocycles. The van der Waals surface area contributed by atoms with Crippen LogP contribution in [0.3, 0.4) is 0 Å². The van der Waals surface area contributed by atoms with Crippen LogP contribution in [0.2, 0.25) is 5.02 Å². The molecule has 116 valence electrons. The summed E-state index contributed by atoms with van der Waals surface area (Å²) in [7, 11) is 0. The predicted octanol–water partition coefficient (Wildman–Crippen LogP) is 3.23. The Morgan fingerprint density at radius 2 is 1.91 bits per heavy atom. The van der Waals surface area contributed by atoms with E-state index in [0.717, 1.165) is 5.56 Å². The molecule has 0 aliphatic carbocycles. The number of furan rings is 1. The zero-order valence-corrected chi connectivity index (χ0v) is 13.4. The number of amides is 2. The second-order valence-electron chi connectivity index (χ2n) is 5.02. The van der Waals surface area contributed by atoms with E-state index in [-0.39, 0.29) is 18.4 Å². The van der Waals surface area contributed by atoms with E-state index in [0.29, 0.717) is 27.8 Å². The summed E-state index contributed by atoms with van der Waals surface area (Å²) in [5.74, 6) is 0.543. The first-order valence-corrected chi connectivity index (χ1v) is 7.16. The highest BCUT2D eigenvalue weighted by Gasteiger charge is 2.14. The van der Waals surface area contributed by atoms with Gasteiger partial charge in [0, 0.05) is 10.7 Å². The Morgan fingerprint density at radius 3 is 2.50 bits per heavy atom. The topological polar surface area (TPSA) is 71.3 Å². The number of halogens is 1. The van der Waals surface area contributed by atoms with Crippen molar-refractivity contribution in [1.82, 2.24) is 5.32 Å². The summed E-state index contributed by atoms with van der Waals surface area (Å²) < 4.78 is 5.29. The van der Waals surface area contributed by atoms with Crippen molar-refractivity contribution in [3.8, 4) is 0 Å². The molecule has 1 aromatic heterocycles. The Morgan fingerprint density at radius 1 is 1.18 bits per heavy atom. The molecule has 1 heterocycles. The van der Waals surface area contributed by atoms with E-state index in [4.69, 9.17) is 16.0 Å². The molecule has 0 spiro atoms. The number of anilines is 1. The number of benzene rings is 1. The van der Waals surface area contributed by atoms with Gasteiger partial charge in [-0.2, -0.15) is 0 Å². The molecule has 0 radical (unpaired) electrons. The highest BCUT2D eigenvalue weighted by Crippen LogP contribution is 2.19. The smallest absolute Gasteiger partial charge is 0.255 e. The Labute approximate surface area is 133 Å². The summed E-state index contributed by atoms with van der Waals surface area (Å²) >= 11 is 5.86. The van der Waals surface area contributed by atoms with Crippen molar-refractivity contribution in [3.05, 3.63) is 51.9 Å². The van der Waals surface area contributed by atoms with Crippen LogP contribution < -0.4 is 10.6 Å². The van der Waals surface area contributed by atoms with Gasteiger partial charge in [0.1, 0.15) is 11.5 Å². The highest BCUT2D eigenvalue weighted by atomic mass is 35.5. The highest BCUT2D eigenvalue weighted by molar-refractivity contribution is 6.30. The molecule has 0 bridgehead atoms. The van der Waals surface area contributed by atoms with Gasteiger partial charge in [-0.05, 0) is 50.6 Å². The van der Waals surface area contributed by atoms with Crippen molar-refractivity contribution in [2.45, 2.75) is 20.8 Å². The fraction of sp³-hybridized carbons (Fsp3) is 0.250. The summed E-state index contributed by atoms with van der Waals surface area (Å²) in [6.45, 7) is 5.20. The zero-order chi connectivity index (χ0) is 16.3. The number of carbonyl (C=O) groups excluding carboxylic acids is 2. The number of hydrogen-bond acceptors (Lipinski definition) is 3. The summed E-state index contributed by atoms with van der Waals surface area (Å²) in [6, 6.07) is 6.82. The molecule has 2 aromatic rings. The van der Waals surface area contributed by atoms with Crippen LogP contribution in [0, 0.1) is 20.8 Å². The van der Waals surface area contributed by atoms with Gasteiger partial charge >= 0.3 is 0 Å². The molecule has 22 heavy (non-hydrogen) atoms. The average Bonchev–Trinajstić information content (AvgIpc) is 2.78. The maximum absolute atomic E-state index is 12.0. The summed E-state index contributed by atoms with van der Waals surface area (Å²) in [5.41, 5.74) is 1.96. The van der Waals surface area contributed by atoms with Crippen molar-refractivity contribution in [2.75, 3.05) is 11.9 Å². The van der Waals surface area contributed by atoms with Gasteiger partial charge in [-0.1, -0.05) is 11.6 Å². The van der Waals surface area contributed by atoms with Gasteiger partial charge in [0.2, 0.25) is 5.91 Å². The van der Waals surface area contributed by atoms with Gasteiger partial charge < -0.3 is 15.1 Å². The third kappa shape index (κ3) is 3.89. The molecular weight excluding hydrogens is 304 g/mol. The predicted molar refractivity (Wildman–Crippen MR) is 85.3 cm³/mol. The van der Waals surface area contributed by atoms with Gasteiger partial charge in [-0.3, -0.25) is 9.59 Å². The lowest BCUT2D eigenvalue weighted by molar-refractivity contribution is -0.115. The van der Waals surface area contributed by atoms with Gasteiger partial charge in [-0.15, -0.1) is 0 Å². The average molecular weight is 321 g/mol. The van der Waals surface area contributed by atoms with Crippen LogP contribution in [0.15, 0.2) is 28.7 Å². The number of rotatable bonds is 4. The summed E-state index contributed by atoms with van der Waals surface area (Å²) in [5, 5.41) is 5.90. The molecule has 2 amide bonds. The molecule has 0 saturated carbocycles. The van der Waals surface area contributed by atoms with Crippen LogP contribution in [0.1, 0.15) is 27.4 Å². The SMILES string of the molecule is Cc1cc(C(=O)NCC(=O)Nc2ccc(Cl)cc2C)c(C)o1. The Hall–Kier alpha value is -2.27. The van der Waals surface area contributed by atoms with Gasteiger partial charge in [0.25, 0.3) is 5.91 Å². The quantitative estimate of drug-likeness (QED) is 0.908. The van der Waals surface area contributed by atoms with E-state index in [1.54, 1.807) is 38.1 Å². The third-order valence-corrected chi connectivity index (χ3v) is 3.39. The number of carbonyl (C=O) groups is 2. The molecule has 0 atom stereocenters. The first-order valence-electron chi connectivity index (χ1n) is 6.78. The Kier molecular flexibility index (Phi) is 4.88. The summed E-state index contributed by atoms with van der Waals surface area (Å²) in [6.07, 6.45) is 0. The first-order chi connectivity index (χ1) is 10.4. The van der Waals surface area contributed by atoms with Crippen LogP contribution in [0.4, 0.5) is 5.69 Å². The van der Waals surface area contributed by atoms with Crippen molar-refractivity contribution >= 4 is 29.1 Å². The van der Waals surface area contributed by atoms with Crippen LogP contribution >= 0.6 is 11.6 Å². The fourth-order valence-corrected chi connectivity index (χ4v) is 2.30. The fourth-order valence-electron chi connectivity index (χ4n) is 2.07. The Balaban J connectivity index is 1.92. The van der Waals surface area contributed by atoms with E-state index < -0.39 is 0 Å². The molecule has 2 rings (SSSR count). The molecule has 2 N–H and O–H groups in total. The molecule has 0 saturated heterocycles. The number of hydrogen-bond donors (Lipinski definition) is 2. The molecule has 0 fully saturated rings. The normalized spacial score (nSPS) is 10.4. The third-order valence-electron chi connectivity index (χ3n) is 3.16. The lowest BCUT2D eigenvalue weighted by Crippen LogP contribution is -2.33. The Bertz CT molecular complexity index is 722. The molecule has 0 unspecified atom stereocenters. The van der Waals surface area contributed by atoms with Gasteiger partial charge in [0.15, 0.2) is 0 Å². The van der Waals surface area contributed by atoms with Crippen molar-refractivity contribution in [1.29, 1.82) is 0 Å². The van der Waals surface area contributed by atoms with Crippen LogP contribution in [-0.4, -0.2) is 18.4 Å². The monoisotopic (exact) mass is 320 g/mol. The molecule has 5 nitrogen and oxygen atoms in total. The lowest BCUT2D eigenvalue weighted by Gasteiger charge is -2.09. The molecule has 6 heteroatoms. The van der Waals surface area contributed by atoms with Crippen LogP contribution in [-0.2, 0) is 4.79 Å². The minimum absolute atomic E-state index is 0.120. The van der Waals surface area contributed by atoms with Crippen LogP contribution in [0.5, 0.6) is 0 Å². The largest absolute Gasteiger partial charge is 0.466 e. The number of nitrogens with one attached hydrogen (secondary N) is 2. The second kappa shape index (κ2) is 6.66. The standard InChI is InChI=1S/C16H17ClN2O3/c1-9-6-12(17)4-5-14(9)19-15(20)8-18-16(21)13-7-10(2)22-11(13)3/h4-7H,8H2,1-3H3,(H,18,21)(H,19,20). The van der Waals surface area contributed by atoms with Gasteiger partial charge in [-0.25, -0.2) is 0 Å². The maximum atomic E-state index is 12.0. The van der Waals surface area contributed by atoms with E-state index in [9.17, 15) is 9.59 Å². The first kappa shape index (κ1) is 16.1. The minimum atomic E-state index is -0.336. The van der Waals surface area contributed by atoms with E-state index in [1.165, 1.54) is 0 Å². The molecular formula is C16H17ClN2O3. The zero-order valence-electron chi connectivity index (χ0n) is 12.6. The van der Waals surface area contributed by atoms with Gasteiger partial charge in [0.05, 0.1) is 12.1 Å². The van der Waals surface area contributed by atoms with Crippen molar-refractivity contribution < 1.29 is 14.0 Å². The minimum Gasteiger partial charge on any atom is -0.466 e. The van der Waals surface area contributed by atoms with E-state index in [1.807, 2.05) is 6.92 Å². The number of aryl methyl sites for hydroxylation is 3.